The molecule has 0 heterocycles. The maximum absolute atomic E-state index is 13.3. The molecule has 2 rings (SSSR count). The molecule has 0 aliphatic rings. The van der Waals surface area contributed by atoms with E-state index in [0.717, 1.165) is 5.06 Å². The first kappa shape index (κ1) is 38.4. The molecule has 0 fully saturated rings. The summed E-state index contributed by atoms with van der Waals surface area (Å²) in [6.45, 7) is 13.7. The molecule has 0 saturated heterocycles. The maximum Gasteiger partial charge on any atom is 0.440 e. The van der Waals surface area contributed by atoms with Crippen molar-refractivity contribution in [2.75, 3.05) is 13.2 Å². The summed E-state index contributed by atoms with van der Waals surface area (Å²) >= 11 is 0. The van der Waals surface area contributed by atoms with Crippen molar-refractivity contribution in [1.29, 1.82) is 0 Å². The van der Waals surface area contributed by atoms with Crippen molar-refractivity contribution in [2.45, 2.75) is 85.2 Å². The second-order valence-electron chi connectivity index (χ2n) is 13.3. The zero-order valence-electron chi connectivity index (χ0n) is 28.1. The van der Waals surface area contributed by atoms with Crippen molar-refractivity contribution in [2.24, 2.45) is 4.99 Å². The van der Waals surface area contributed by atoms with Crippen LogP contribution in [-0.2, 0) is 19.1 Å². The summed E-state index contributed by atoms with van der Waals surface area (Å²) in [6.07, 6.45) is -1.96. The molecule has 256 valence electrons. The van der Waals surface area contributed by atoms with E-state index in [2.05, 4.69) is 10.3 Å². The van der Waals surface area contributed by atoms with Crippen LogP contribution in [0.25, 0.3) is 0 Å². The number of carboxylic acid groups (broad SMARTS) is 1. The average molecular weight is 658 g/mol. The smallest absolute Gasteiger partial charge is 0.440 e. The number of hydrogen-bond acceptors (Lipinski definition) is 10. The molecule has 1 atom stereocenters. The number of hydroxylamine groups is 2. The molecule has 2 aromatic rings. The average Bonchev–Trinajstić information content (AvgIpc) is 2.94. The van der Waals surface area contributed by atoms with Crippen LogP contribution >= 0.6 is 0 Å². The molecule has 0 bridgehead atoms. The second kappa shape index (κ2) is 15.6. The quantitative estimate of drug-likeness (QED) is 0.138. The van der Waals surface area contributed by atoms with Gasteiger partial charge in [-0.25, -0.2) is 14.4 Å². The van der Waals surface area contributed by atoms with E-state index in [9.17, 15) is 29.1 Å². The second-order valence-corrected chi connectivity index (χ2v) is 13.3. The minimum atomic E-state index is -1.31. The van der Waals surface area contributed by atoms with Gasteiger partial charge in [0, 0.05) is 16.7 Å². The summed E-state index contributed by atoms with van der Waals surface area (Å²) in [5.74, 6) is -2.50. The number of nitrogens with one attached hydrogen (secondary N) is 1. The Morgan fingerprint density at radius 1 is 0.766 bits per heavy atom. The van der Waals surface area contributed by atoms with Gasteiger partial charge in [0.15, 0.2) is 18.2 Å². The number of carbonyl (C=O) groups is 5. The van der Waals surface area contributed by atoms with Gasteiger partial charge in [-0.2, -0.15) is 4.99 Å². The van der Waals surface area contributed by atoms with E-state index in [1.54, 1.807) is 62.3 Å². The van der Waals surface area contributed by atoms with E-state index >= 15 is 0 Å². The normalized spacial score (nSPS) is 12.9. The van der Waals surface area contributed by atoms with E-state index in [1.807, 2.05) is 0 Å². The van der Waals surface area contributed by atoms with Gasteiger partial charge < -0.3 is 29.7 Å². The third-order valence-electron chi connectivity index (χ3n) is 5.42. The Hall–Kier alpha value is -4.82. The standard InChI is InChI=1S/C33H43N3O11/c1-31(2,3)45-29(42)35-27(36(47-33(7,8)9)30(43)46-32(4,5)6)21-10-12-22(13-11-21)28(41)34-24(18-37)26(40)20-14-16-23(17-15-20)44-19-25(38)39/h10-17,24,37H,18-19H2,1-9H3,(H,34,41)(H,38,39)/b35-27-. The van der Waals surface area contributed by atoms with Crippen LogP contribution in [0.2, 0.25) is 0 Å². The van der Waals surface area contributed by atoms with Crippen LogP contribution in [0.1, 0.15) is 88.6 Å². The number of benzene rings is 2. The summed E-state index contributed by atoms with van der Waals surface area (Å²) < 4.78 is 15.9. The lowest BCUT2D eigenvalue weighted by molar-refractivity contribution is -0.169. The van der Waals surface area contributed by atoms with Gasteiger partial charge in [0.2, 0.25) is 0 Å². The monoisotopic (exact) mass is 657 g/mol. The van der Waals surface area contributed by atoms with Gasteiger partial charge in [-0.05, 0) is 98.7 Å². The Morgan fingerprint density at radius 2 is 1.28 bits per heavy atom. The molecule has 0 saturated carbocycles. The third-order valence-corrected chi connectivity index (χ3v) is 5.42. The minimum Gasteiger partial charge on any atom is -0.482 e. The topological polar surface area (TPSA) is 190 Å². The van der Waals surface area contributed by atoms with E-state index in [-0.39, 0.29) is 28.3 Å². The predicted molar refractivity (Wildman–Crippen MR) is 170 cm³/mol. The summed E-state index contributed by atoms with van der Waals surface area (Å²) in [5.41, 5.74) is -2.36. The molecule has 47 heavy (non-hydrogen) atoms. The number of aliphatic hydroxyl groups excluding tert-OH is 1. The largest absolute Gasteiger partial charge is 0.482 e. The van der Waals surface area contributed by atoms with Gasteiger partial charge in [-0.1, -0.05) is 12.1 Å². The van der Waals surface area contributed by atoms with Crippen LogP contribution in [0.5, 0.6) is 5.75 Å². The fraction of sp³-hybridized carbons (Fsp3) is 0.455. The maximum atomic E-state index is 13.3. The summed E-state index contributed by atoms with van der Waals surface area (Å²) in [4.78, 5) is 72.8. The zero-order chi connectivity index (χ0) is 35.7. The third kappa shape index (κ3) is 13.2. The highest BCUT2D eigenvalue weighted by molar-refractivity contribution is 6.10. The number of amides is 3. The number of carboxylic acids is 1. The van der Waals surface area contributed by atoms with Crippen LogP contribution < -0.4 is 10.1 Å². The molecule has 0 spiro atoms. The Labute approximate surface area is 273 Å². The SMILES string of the molecule is CC(C)(C)OC(=O)/N=C(/c1ccc(C(=O)NC(CO)C(=O)c2ccc(OCC(=O)O)cc2)cc1)N(OC(C)(C)C)C(=O)OC(C)(C)C. The van der Waals surface area contributed by atoms with Crippen LogP contribution in [0, 0.1) is 0 Å². The van der Waals surface area contributed by atoms with Crippen LogP contribution in [-0.4, -0.2) is 87.0 Å². The summed E-state index contributed by atoms with van der Waals surface area (Å²) in [7, 11) is 0. The molecule has 2 aromatic carbocycles. The summed E-state index contributed by atoms with van der Waals surface area (Å²) in [5, 5.41) is 21.8. The number of nitrogens with zero attached hydrogens (tertiary/aromatic N) is 2. The van der Waals surface area contributed by atoms with Crippen molar-refractivity contribution in [3.8, 4) is 5.75 Å². The van der Waals surface area contributed by atoms with Crippen LogP contribution in [0.4, 0.5) is 9.59 Å². The van der Waals surface area contributed by atoms with E-state index < -0.39 is 65.9 Å². The Morgan fingerprint density at radius 3 is 1.74 bits per heavy atom. The number of rotatable bonds is 10. The lowest BCUT2D eigenvalue weighted by Crippen LogP contribution is -2.46. The predicted octanol–water partition coefficient (Wildman–Crippen LogP) is 4.77. The van der Waals surface area contributed by atoms with Crippen LogP contribution in [0.3, 0.4) is 0 Å². The molecule has 14 nitrogen and oxygen atoms in total. The van der Waals surface area contributed by atoms with Crippen LogP contribution in [0.15, 0.2) is 53.5 Å². The Kier molecular flexibility index (Phi) is 12.8. The highest BCUT2D eigenvalue weighted by atomic mass is 16.7. The van der Waals surface area contributed by atoms with E-state index in [0.29, 0.717) is 0 Å². The first-order chi connectivity index (χ1) is 21.6. The van der Waals surface area contributed by atoms with Gasteiger partial charge in [-0.3, -0.25) is 14.4 Å². The van der Waals surface area contributed by atoms with Gasteiger partial charge in [-0.15, -0.1) is 5.06 Å². The number of carbonyl (C=O) groups excluding carboxylic acids is 4. The number of aliphatic hydroxyl groups is 1. The van der Waals surface area contributed by atoms with Crippen molar-refractivity contribution in [3.63, 3.8) is 0 Å². The number of amidine groups is 1. The number of ether oxygens (including phenoxy) is 3. The highest BCUT2D eigenvalue weighted by Gasteiger charge is 2.33. The van der Waals surface area contributed by atoms with Gasteiger partial charge in [0.25, 0.3) is 5.91 Å². The Balaban J connectivity index is 2.39. The molecule has 0 aliphatic heterocycles. The number of aliphatic carboxylic acids is 1. The van der Waals surface area contributed by atoms with Crippen molar-refractivity contribution < 1.29 is 53.2 Å². The number of ketones is 1. The molecule has 0 radical (unpaired) electrons. The number of hydrogen-bond donors (Lipinski definition) is 3. The Bertz CT molecular complexity index is 1460. The molecule has 3 amide bonds. The van der Waals surface area contributed by atoms with E-state index in [4.69, 9.17) is 24.2 Å². The van der Waals surface area contributed by atoms with Crippen molar-refractivity contribution >= 4 is 35.7 Å². The van der Waals surface area contributed by atoms with Crippen molar-refractivity contribution in [1.82, 2.24) is 10.4 Å². The lowest BCUT2D eigenvalue weighted by Gasteiger charge is -2.32. The molecular formula is C33H43N3O11. The minimum absolute atomic E-state index is 0.0783. The number of aliphatic imine (C=N–C) groups is 1. The molecule has 3 N–H and O–H groups in total. The lowest BCUT2D eigenvalue weighted by atomic mass is 10.0. The fourth-order valence-electron chi connectivity index (χ4n) is 3.61. The fourth-order valence-corrected chi connectivity index (χ4v) is 3.61. The molecule has 1 unspecified atom stereocenters. The van der Waals surface area contributed by atoms with Gasteiger partial charge in [0.05, 0.1) is 12.2 Å². The van der Waals surface area contributed by atoms with Crippen molar-refractivity contribution in [3.05, 3.63) is 65.2 Å². The first-order valence-corrected chi connectivity index (χ1v) is 14.6. The molecule has 14 heteroatoms. The van der Waals surface area contributed by atoms with Gasteiger partial charge >= 0.3 is 18.2 Å². The summed E-state index contributed by atoms with van der Waals surface area (Å²) in [6, 6.07) is 9.80. The number of Topliss-reactive ketones (excluding diaryl/α,β-unsaturated/α-hetero) is 1. The zero-order valence-corrected chi connectivity index (χ0v) is 28.1. The molecule has 0 aromatic heterocycles. The highest BCUT2D eigenvalue weighted by Crippen LogP contribution is 2.21. The molecular weight excluding hydrogens is 614 g/mol. The first-order valence-electron chi connectivity index (χ1n) is 14.6. The molecule has 0 aliphatic carbocycles. The van der Waals surface area contributed by atoms with Gasteiger partial charge in [0.1, 0.15) is 23.0 Å². The van der Waals surface area contributed by atoms with E-state index in [1.165, 1.54) is 48.5 Å².